The minimum absolute atomic E-state index is 0.0829. The molecule has 1 unspecified atom stereocenters. The minimum atomic E-state index is -4.93. The van der Waals surface area contributed by atoms with Gasteiger partial charge in [-0.2, -0.15) is 13.5 Å². The highest BCUT2D eigenvalue weighted by atomic mass is 32.3. The van der Waals surface area contributed by atoms with Crippen LogP contribution in [0.2, 0.25) is 0 Å². The van der Waals surface area contributed by atoms with E-state index < -0.39 is 46.2 Å². The number of nitrogens with zero attached hydrogens (tertiary/aromatic N) is 5. The highest BCUT2D eigenvalue weighted by molar-refractivity contribution is 7.80. The van der Waals surface area contributed by atoms with Crippen LogP contribution in [0.15, 0.2) is 0 Å². The number of carbonyl (C=O) groups is 3. The van der Waals surface area contributed by atoms with E-state index in [1.165, 1.54) is 14.9 Å². The van der Waals surface area contributed by atoms with Gasteiger partial charge in [-0.3, -0.25) is 14.2 Å². The highest BCUT2D eigenvalue weighted by Gasteiger charge is 2.53. The van der Waals surface area contributed by atoms with Crippen LogP contribution < -0.4 is 0 Å². The first-order valence-electron chi connectivity index (χ1n) is 18.2. The van der Waals surface area contributed by atoms with Crippen LogP contribution in [0.25, 0.3) is 0 Å². The molecule has 2 bridgehead atoms. The molecule has 3 aliphatic heterocycles. The van der Waals surface area contributed by atoms with Gasteiger partial charge in [0.05, 0.1) is 43.4 Å². The minimum Gasteiger partial charge on any atom is -0.465 e. The zero-order chi connectivity index (χ0) is 35.7. The Labute approximate surface area is 288 Å². The van der Waals surface area contributed by atoms with Crippen molar-refractivity contribution in [3.63, 3.8) is 0 Å². The summed E-state index contributed by atoms with van der Waals surface area (Å²) < 4.78 is 37.8. The molecule has 278 valence electrons. The van der Waals surface area contributed by atoms with Crippen molar-refractivity contribution in [3.8, 4) is 0 Å². The van der Waals surface area contributed by atoms with Crippen molar-refractivity contribution in [3.05, 3.63) is 0 Å². The third kappa shape index (κ3) is 10.2. The average Bonchev–Trinajstić information content (AvgIpc) is 3.26. The van der Waals surface area contributed by atoms with Gasteiger partial charge >= 0.3 is 22.5 Å². The smallest absolute Gasteiger partial charge is 0.418 e. The van der Waals surface area contributed by atoms with E-state index in [9.17, 15) is 32.5 Å². The number of likely N-dealkylation sites (tertiary alicyclic amines) is 1. The van der Waals surface area contributed by atoms with E-state index in [2.05, 4.69) is 32.0 Å². The van der Waals surface area contributed by atoms with Crippen LogP contribution in [0.1, 0.15) is 125 Å². The van der Waals surface area contributed by atoms with E-state index >= 15 is 0 Å². The van der Waals surface area contributed by atoms with E-state index in [4.69, 9.17) is 4.84 Å². The lowest BCUT2D eigenvalue weighted by atomic mass is 9.87. The Morgan fingerprint density at radius 3 is 2.00 bits per heavy atom. The van der Waals surface area contributed by atoms with Crippen molar-refractivity contribution in [2.45, 2.75) is 155 Å². The number of quaternary nitrogens is 1. The number of carbonyl (C=O) groups excluding carboxylic acids is 2. The molecule has 0 aromatic rings. The Morgan fingerprint density at radius 2 is 1.52 bits per heavy atom. The number of piperidine rings is 2. The summed E-state index contributed by atoms with van der Waals surface area (Å²) in [6.07, 6.45) is 9.43. The first kappa shape index (κ1) is 40.2. The summed E-state index contributed by atoms with van der Waals surface area (Å²) in [7, 11) is -4.93. The Kier molecular flexibility index (Phi) is 14.8. The largest absolute Gasteiger partial charge is 0.465 e. The van der Waals surface area contributed by atoms with E-state index in [-0.39, 0.29) is 24.9 Å². The molecule has 4 amide bonds. The molecule has 0 saturated carbocycles. The molecular formula is C33H62N5O9S+. The van der Waals surface area contributed by atoms with Gasteiger partial charge in [0.25, 0.3) is 5.91 Å². The van der Waals surface area contributed by atoms with Gasteiger partial charge in [-0.25, -0.2) is 14.7 Å². The maximum Gasteiger partial charge on any atom is 0.418 e. The molecule has 15 heteroatoms. The number of fused-ring (bicyclic) bond motifs is 2. The van der Waals surface area contributed by atoms with Crippen LogP contribution in [0.3, 0.4) is 0 Å². The van der Waals surface area contributed by atoms with Crippen molar-refractivity contribution in [2.24, 2.45) is 0 Å². The number of rotatable bonds is 20. The highest BCUT2D eigenvalue weighted by Crippen LogP contribution is 2.37. The average molecular weight is 705 g/mol. The number of amides is 4. The maximum absolute atomic E-state index is 14.7. The third-order valence-electron chi connectivity index (χ3n) is 10.5. The molecule has 14 nitrogen and oxygen atoms in total. The number of urea groups is 1. The zero-order valence-corrected chi connectivity index (χ0v) is 31.0. The first-order chi connectivity index (χ1) is 22.6. The summed E-state index contributed by atoms with van der Waals surface area (Å²) in [4.78, 5) is 48.9. The number of unbranched alkanes of at least 4 members (excludes halogenated alkanes) is 3. The number of hydrogen-bond acceptors (Lipinski definition) is 7. The molecule has 0 aromatic heterocycles. The summed E-state index contributed by atoms with van der Waals surface area (Å²) in [6, 6.07) is -2.05. The lowest BCUT2D eigenvalue weighted by Crippen LogP contribution is -2.63. The second-order valence-corrected chi connectivity index (χ2v) is 15.6. The Balaban J connectivity index is 1.98. The standard InChI is InChI=1S/C33H61N5O9S/c1-7-11-21-38(22-12-8-2,23-13-9-3)27(14-10-4)24-33(5,6)37(46-28-17-19-34(20-18-28)32(41)42)30(39)29-16-15-26-25-35(29)31(40)36(26)47-48(43,44)45/h26-29H,7-25H2,1-6H3,(H-,41,42,43,44,45)/p+1/t26-,27?,29+/m1/s1. The fourth-order valence-electron chi connectivity index (χ4n) is 7.88. The molecule has 3 saturated heterocycles. The predicted octanol–water partition coefficient (Wildman–Crippen LogP) is 5.45. The van der Waals surface area contributed by atoms with Gasteiger partial charge in [0.1, 0.15) is 6.04 Å². The van der Waals surface area contributed by atoms with Crippen LogP contribution in [0.4, 0.5) is 9.59 Å². The monoisotopic (exact) mass is 704 g/mol. The van der Waals surface area contributed by atoms with Gasteiger partial charge in [-0.15, -0.1) is 4.28 Å². The second kappa shape index (κ2) is 17.6. The van der Waals surface area contributed by atoms with Crippen molar-refractivity contribution >= 4 is 28.4 Å². The van der Waals surface area contributed by atoms with E-state index in [1.807, 2.05) is 13.8 Å². The first-order valence-corrected chi connectivity index (χ1v) is 19.6. The van der Waals surface area contributed by atoms with Crippen molar-refractivity contribution in [1.82, 2.24) is 19.9 Å². The van der Waals surface area contributed by atoms with Gasteiger partial charge in [0.2, 0.25) is 0 Å². The van der Waals surface area contributed by atoms with E-state index in [0.717, 1.165) is 75.5 Å². The fraction of sp³-hybridized carbons (Fsp3) is 0.909. The molecule has 3 rings (SSSR count). The number of carboxylic acid groups (broad SMARTS) is 1. The molecule has 0 aliphatic carbocycles. The summed E-state index contributed by atoms with van der Waals surface area (Å²) in [5.74, 6) is -0.384. The topological polar surface area (TPSA) is 157 Å². The van der Waals surface area contributed by atoms with Crippen molar-refractivity contribution in [2.75, 3.05) is 39.3 Å². The molecule has 0 radical (unpaired) electrons. The summed E-state index contributed by atoms with van der Waals surface area (Å²) in [5, 5.41) is 11.6. The predicted molar refractivity (Wildman–Crippen MR) is 181 cm³/mol. The molecule has 48 heavy (non-hydrogen) atoms. The molecule has 3 heterocycles. The number of hydroxylamine groups is 4. The van der Waals surface area contributed by atoms with Gasteiger partial charge in [0.15, 0.2) is 0 Å². The Morgan fingerprint density at radius 1 is 0.958 bits per heavy atom. The lowest BCUT2D eigenvalue weighted by Gasteiger charge is -2.50. The normalized spacial score (nSPS) is 21.6. The van der Waals surface area contributed by atoms with Crippen LogP contribution in [0.5, 0.6) is 0 Å². The van der Waals surface area contributed by atoms with E-state index in [1.54, 1.807) is 0 Å². The van der Waals surface area contributed by atoms with Gasteiger partial charge < -0.3 is 19.4 Å². The molecule has 2 N–H and O–H groups in total. The van der Waals surface area contributed by atoms with Crippen LogP contribution in [-0.4, -0.2) is 130 Å². The molecule has 0 spiro atoms. The molecular weight excluding hydrogens is 642 g/mol. The molecule has 3 fully saturated rings. The van der Waals surface area contributed by atoms with Gasteiger partial charge in [-0.1, -0.05) is 53.4 Å². The summed E-state index contributed by atoms with van der Waals surface area (Å²) in [5.41, 5.74) is -0.792. The molecule has 0 aromatic carbocycles. The molecule has 3 aliphatic rings. The Hall–Kier alpha value is -2.20. The summed E-state index contributed by atoms with van der Waals surface area (Å²) >= 11 is 0. The summed E-state index contributed by atoms with van der Waals surface area (Å²) in [6.45, 7) is 16.9. The maximum atomic E-state index is 14.7. The quantitative estimate of drug-likeness (QED) is 0.0956. The van der Waals surface area contributed by atoms with Crippen molar-refractivity contribution in [1.29, 1.82) is 0 Å². The zero-order valence-electron chi connectivity index (χ0n) is 30.1. The number of hydrogen-bond donors (Lipinski definition) is 2. The third-order valence-corrected chi connectivity index (χ3v) is 10.9. The van der Waals surface area contributed by atoms with Crippen LogP contribution in [-0.2, 0) is 24.3 Å². The van der Waals surface area contributed by atoms with E-state index in [0.29, 0.717) is 43.8 Å². The van der Waals surface area contributed by atoms with Crippen LogP contribution in [0, 0.1) is 0 Å². The SMILES string of the molecule is CCCC[N+](CCCC)(CCCC)C(CCC)CC(C)(C)N(OC1CCN(C(=O)O)CC1)C(=O)[C@@H]1CC[C@@H]2CN1C(=O)N2OS(=O)(=O)O. The Bertz CT molecular complexity index is 1160. The van der Waals surface area contributed by atoms with Gasteiger partial charge in [0, 0.05) is 26.1 Å². The molecule has 3 atom stereocenters. The van der Waals surface area contributed by atoms with Crippen molar-refractivity contribution < 1.29 is 46.1 Å². The van der Waals surface area contributed by atoms with Crippen LogP contribution >= 0.6 is 0 Å². The fourth-order valence-corrected chi connectivity index (χ4v) is 8.27. The lowest BCUT2D eigenvalue weighted by molar-refractivity contribution is -0.953. The second-order valence-electron chi connectivity index (χ2n) is 14.6. The van der Waals surface area contributed by atoms with Gasteiger partial charge in [-0.05, 0) is 65.2 Å².